The quantitative estimate of drug-likeness (QED) is 0.826. The summed E-state index contributed by atoms with van der Waals surface area (Å²) < 4.78 is 10.6. The van der Waals surface area contributed by atoms with Gasteiger partial charge in [0.25, 0.3) is 0 Å². The molecule has 0 bridgehead atoms. The molecule has 16 heavy (non-hydrogen) atoms. The van der Waals surface area contributed by atoms with Crippen molar-refractivity contribution in [1.29, 1.82) is 0 Å². The minimum Gasteiger partial charge on any atom is -0.492 e. The number of methoxy groups -OCH3 is 2. The summed E-state index contributed by atoms with van der Waals surface area (Å²) >= 11 is 7.62. The van der Waals surface area contributed by atoms with Crippen molar-refractivity contribution in [2.24, 2.45) is 0 Å². The molecule has 0 amide bonds. The molecule has 0 saturated heterocycles. The molecule has 83 valence electrons. The molecule has 4 heteroatoms. The van der Waals surface area contributed by atoms with Crippen LogP contribution >= 0.6 is 22.9 Å². The van der Waals surface area contributed by atoms with Crippen LogP contribution in [-0.4, -0.2) is 14.2 Å². The predicted octanol–water partition coefficient (Wildman–Crippen LogP) is 3.89. The van der Waals surface area contributed by atoms with E-state index in [0.29, 0.717) is 16.5 Å². The van der Waals surface area contributed by atoms with Crippen LogP contribution in [0.2, 0.25) is 5.02 Å². The molecule has 0 aliphatic carbocycles. The zero-order valence-electron chi connectivity index (χ0n) is 8.91. The molecule has 2 nitrogen and oxygen atoms in total. The highest BCUT2D eigenvalue weighted by atomic mass is 35.5. The van der Waals surface area contributed by atoms with Crippen LogP contribution in [0.15, 0.2) is 23.6 Å². The lowest BCUT2D eigenvalue weighted by atomic mass is 10.1. The lowest BCUT2D eigenvalue weighted by molar-refractivity contribution is 0.356. The fourth-order valence-corrected chi connectivity index (χ4v) is 2.45. The Morgan fingerprint density at radius 2 is 2.00 bits per heavy atom. The SMILES string of the molecule is COc1c(Cl)[c]cc(-c2cccs2)c1OC. The number of halogens is 1. The molecule has 1 aromatic carbocycles. The Bertz CT molecular complexity index is 480. The first-order valence-electron chi connectivity index (χ1n) is 4.64. The van der Waals surface area contributed by atoms with E-state index in [4.69, 9.17) is 21.1 Å². The minimum atomic E-state index is 0.430. The highest BCUT2D eigenvalue weighted by Crippen LogP contribution is 2.43. The predicted molar refractivity (Wildman–Crippen MR) is 66.7 cm³/mol. The van der Waals surface area contributed by atoms with Crippen molar-refractivity contribution in [2.75, 3.05) is 14.2 Å². The molecule has 1 heterocycles. The lowest BCUT2D eigenvalue weighted by Gasteiger charge is -2.12. The van der Waals surface area contributed by atoms with Crippen molar-refractivity contribution in [3.05, 3.63) is 34.7 Å². The lowest BCUT2D eigenvalue weighted by Crippen LogP contribution is -1.93. The third-order valence-corrected chi connectivity index (χ3v) is 3.37. The van der Waals surface area contributed by atoms with Crippen molar-refractivity contribution < 1.29 is 9.47 Å². The largest absolute Gasteiger partial charge is 0.492 e. The Labute approximate surface area is 103 Å². The van der Waals surface area contributed by atoms with E-state index < -0.39 is 0 Å². The Balaban J connectivity index is 2.62. The van der Waals surface area contributed by atoms with Crippen molar-refractivity contribution in [3.63, 3.8) is 0 Å². The average molecular weight is 254 g/mol. The van der Waals surface area contributed by atoms with Gasteiger partial charge >= 0.3 is 0 Å². The molecule has 0 fully saturated rings. The molecule has 0 aliphatic rings. The molecule has 0 spiro atoms. The van der Waals surface area contributed by atoms with E-state index in [1.807, 2.05) is 23.6 Å². The summed E-state index contributed by atoms with van der Waals surface area (Å²) in [6, 6.07) is 8.77. The van der Waals surface area contributed by atoms with Gasteiger partial charge in [0.2, 0.25) is 0 Å². The number of benzene rings is 1. The summed E-state index contributed by atoms with van der Waals surface area (Å²) in [5.41, 5.74) is 0.943. The number of hydrogen-bond donors (Lipinski definition) is 0. The van der Waals surface area contributed by atoms with E-state index in [1.54, 1.807) is 25.6 Å². The zero-order chi connectivity index (χ0) is 11.5. The van der Waals surface area contributed by atoms with Crippen LogP contribution in [0.5, 0.6) is 11.5 Å². The van der Waals surface area contributed by atoms with Gasteiger partial charge in [-0.05, 0) is 17.5 Å². The van der Waals surface area contributed by atoms with E-state index in [9.17, 15) is 0 Å². The van der Waals surface area contributed by atoms with Gasteiger partial charge in [-0.15, -0.1) is 11.3 Å². The highest BCUT2D eigenvalue weighted by molar-refractivity contribution is 7.13. The van der Waals surface area contributed by atoms with Crippen molar-refractivity contribution in [2.45, 2.75) is 0 Å². The third-order valence-electron chi connectivity index (χ3n) is 2.19. The van der Waals surface area contributed by atoms with Crippen LogP contribution in [0.25, 0.3) is 10.4 Å². The molecule has 2 aromatic rings. The molecule has 1 radical (unpaired) electrons. The monoisotopic (exact) mass is 253 g/mol. The first-order valence-corrected chi connectivity index (χ1v) is 5.89. The smallest absolute Gasteiger partial charge is 0.180 e. The summed E-state index contributed by atoms with van der Waals surface area (Å²) in [7, 11) is 3.17. The van der Waals surface area contributed by atoms with E-state index >= 15 is 0 Å². The second-order valence-electron chi connectivity index (χ2n) is 3.06. The molecule has 1 aromatic heterocycles. The fourth-order valence-electron chi connectivity index (χ4n) is 1.49. The molecule has 0 atom stereocenters. The maximum Gasteiger partial charge on any atom is 0.180 e. The second-order valence-corrected chi connectivity index (χ2v) is 4.39. The molecular formula is C12H10ClO2S. The van der Waals surface area contributed by atoms with Gasteiger partial charge in [0.05, 0.1) is 19.2 Å². The topological polar surface area (TPSA) is 18.5 Å². The van der Waals surface area contributed by atoms with Crippen molar-refractivity contribution >= 4 is 22.9 Å². The van der Waals surface area contributed by atoms with Crippen LogP contribution in [0.4, 0.5) is 0 Å². The van der Waals surface area contributed by atoms with E-state index in [0.717, 1.165) is 10.4 Å². The number of hydrogen-bond acceptors (Lipinski definition) is 3. The van der Waals surface area contributed by atoms with Crippen LogP contribution < -0.4 is 9.47 Å². The zero-order valence-corrected chi connectivity index (χ0v) is 10.5. The molecule has 0 saturated carbocycles. The Kier molecular flexibility index (Phi) is 3.36. The van der Waals surface area contributed by atoms with Crippen molar-refractivity contribution in [3.8, 4) is 21.9 Å². The van der Waals surface area contributed by atoms with Crippen LogP contribution in [-0.2, 0) is 0 Å². The standard InChI is InChI=1S/C12H10ClO2S/c1-14-11-8(10-4-3-7-16-10)5-6-9(13)12(11)15-2/h3-5,7H,1-2H3. The molecule has 0 aliphatic heterocycles. The summed E-state index contributed by atoms with van der Waals surface area (Å²) in [5.74, 6) is 1.17. The summed E-state index contributed by atoms with van der Waals surface area (Å²) in [4.78, 5) is 1.10. The van der Waals surface area contributed by atoms with Crippen molar-refractivity contribution in [1.82, 2.24) is 0 Å². The van der Waals surface area contributed by atoms with Gasteiger partial charge < -0.3 is 9.47 Å². The summed E-state index contributed by atoms with van der Waals surface area (Å²) in [5, 5.41) is 2.44. The van der Waals surface area contributed by atoms with Crippen LogP contribution in [0.3, 0.4) is 0 Å². The summed E-state index contributed by atoms with van der Waals surface area (Å²) in [6.45, 7) is 0. The first kappa shape index (κ1) is 11.3. The van der Waals surface area contributed by atoms with Gasteiger partial charge in [-0.1, -0.05) is 17.7 Å². The normalized spacial score (nSPS) is 10.2. The fraction of sp³-hybridized carbons (Fsp3) is 0.167. The molecule has 2 rings (SSSR count). The highest BCUT2D eigenvalue weighted by Gasteiger charge is 2.15. The van der Waals surface area contributed by atoms with Crippen LogP contribution in [0.1, 0.15) is 0 Å². The third kappa shape index (κ3) is 1.88. The van der Waals surface area contributed by atoms with Gasteiger partial charge in [-0.3, -0.25) is 0 Å². The molecule has 0 unspecified atom stereocenters. The summed E-state index contributed by atoms with van der Waals surface area (Å²) in [6.07, 6.45) is 0. The van der Waals surface area contributed by atoms with Gasteiger partial charge in [0.15, 0.2) is 11.5 Å². The van der Waals surface area contributed by atoms with E-state index in [1.165, 1.54) is 0 Å². The van der Waals surface area contributed by atoms with Gasteiger partial charge in [0.1, 0.15) is 0 Å². The second kappa shape index (κ2) is 4.76. The average Bonchev–Trinajstić information content (AvgIpc) is 2.81. The molecular weight excluding hydrogens is 244 g/mol. The van der Waals surface area contributed by atoms with Gasteiger partial charge in [-0.2, -0.15) is 0 Å². The number of rotatable bonds is 3. The Hall–Kier alpha value is -1.19. The number of ether oxygens (including phenoxy) is 2. The van der Waals surface area contributed by atoms with Gasteiger partial charge in [-0.25, -0.2) is 0 Å². The van der Waals surface area contributed by atoms with Gasteiger partial charge in [0, 0.05) is 16.5 Å². The molecule has 0 N–H and O–H groups in total. The minimum absolute atomic E-state index is 0.430. The maximum absolute atomic E-state index is 5.98. The van der Waals surface area contributed by atoms with Crippen LogP contribution in [0, 0.1) is 6.07 Å². The Morgan fingerprint density at radius 1 is 1.25 bits per heavy atom. The Morgan fingerprint density at radius 3 is 2.56 bits per heavy atom. The van der Waals surface area contributed by atoms with E-state index in [-0.39, 0.29) is 0 Å². The number of thiophene rings is 1. The first-order chi connectivity index (χ1) is 7.77. The van der Waals surface area contributed by atoms with E-state index in [2.05, 4.69) is 6.07 Å². The maximum atomic E-state index is 5.98.